The lowest BCUT2D eigenvalue weighted by Gasteiger charge is -2.25. The first-order valence-corrected chi connectivity index (χ1v) is 10.9. The largest absolute Gasteiger partial charge is 0.379 e. The Labute approximate surface area is 169 Å². The minimum Gasteiger partial charge on any atom is -0.379 e. The number of nitrogens with zero attached hydrogens (tertiary/aromatic N) is 2. The van der Waals surface area contributed by atoms with Crippen LogP contribution in [0.4, 0.5) is 5.82 Å². The third kappa shape index (κ3) is 5.33. The van der Waals surface area contributed by atoms with Crippen LogP contribution in [0.1, 0.15) is 12.0 Å². The number of rotatable bonds is 7. The molecule has 1 N–H and O–H groups in total. The van der Waals surface area contributed by atoms with Gasteiger partial charge in [0.25, 0.3) is 0 Å². The van der Waals surface area contributed by atoms with Crippen molar-refractivity contribution in [1.82, 2.24) is 9.29 Å². The first-order valence-electron chi connectivity index (χ1n) is 8.68. The van der Waals surface area contributed by atoms with Gasteiger partial charge in [0.1, 0.15) is 10.7 Å². The van der Waals surface area contributed by atoms with Crippen LogP contribution in [-0.4, -0.2) is 50.6 Å². The van der Waals surface area contributed by atoms with E-state index < -0.39 is 10.0 Å². The maximum atomic E-state index is 12.6. The van der Waals surface area contributed by atoms with E-state index in [0.717, 1.165) is 18.4 Å². The van der Waals surface area contributed by atoms with Crippen LogP contribution in [0.25, 0.3) is 0 Å². The molecule has 0 atom stereocenters. The monoisotopic (exact) mass is 429 g/mol. The summed E-state index contributed by atoms with van der Waals surface area (Å²) in [5, 5.41) is 4.48. The van der Waals surface area contributed by atoms with Gasteiger partial charge in [0.05, 0.1) is 13.2 Å². The normalized spacial score (nSPS) is 15.6. The zero-order chi connectivity index (χ0) is 19.3. The van der Waals surface area contributed by atoms with E-state index in [4.69, 9.17) is 27.9 Å². The number of aromatic nitrogens is 1. The number of ether oxygens (including phenoxy) is 1. The van der Waals surface area contributed by atoms with Crippen molar-refractivity contribution in [3.8, 4) is 0 Å². The van der Waals surface area contributed by atoms with Gasteiger partial charge in [0.2, 0.25) is 10.0 Å². The van der Waals surface area contributed by atoms with Crippen molar-refractivity contribution in [2.24, 2.45) is 0 Å². The Morgan fingerprint density at radius 1 is 1.15 bits per heavy atom. The maximum Gasteiger partial charge on any atom is 0.244 e. The highest BCUT2D eigenvalue weighted by atomic mass is 35.5. The summed E-state index contributed by atoms with van der Waals surface area (Å²) in [7, 11) is -3.51. The van der Waals surface area contributed by atoms with Crippen molar-refractivity contribution in [1.29, 1.82) is 0 Å². The molecule has 0 aliphatic carbocycles. The standard InChI is InChI=1S/C18H21Cl2N3O3S/c19-15-4-3-14(17(20)12-15)2-1-7-21-18-6-5-16(13-22-18)27(24,25)23-8-10-26-11-9-23/h3-6,12-13H,1-2,7-11H2,(H,21,22). The molecule has 1 aliphatic rings. The highest BCUT2D eigenvalue weighted by Crippen LogP contribution is 2.22. The molecule has 1 aromatic heterocycles. The van der Waals surface area contributed by atoms with Crippen LogP contribution in [0.2, 0.25) is 10.0 Å². The third-order valence-electron chi connectivity index (χ3n) is 4.29. The summed E-state index contributed by atoms with van der Waals surface area (Å²) in [6.45, 7) is 2.28. The number of pyridine rings is 1. The average Bonchev–Trinajstić information content (AvgIpc) is 2.68. The Morgan fingerprint density at radius 3 is 2.59 bits per heavy atom. The Kier molecular flexibility index (Phi) is 6.94. The lowest BCUT2D eigenvalue weighted by atomic mass is 10.1. The van der Waals surface area contributed by atoms with Crippen molar-refractivity contribution >= 4 is 39.0 Å². The fourth-order valence-corrected chi connectivity index (χ4v) is 4.65. The molecule has 1 fully saturated rings. The van der Waals surface area contributed by atoms with Gasteiger partial charge >= 0.3 is 0 Å². The average molecular weight is 430 g/mol. The zero-order valence-corrected chi connectivity index (χ0v) is 17.0. The van der Waals surface area contributed by atoms with Crippen LogP contribution in [0.15, 0.2) is 41.4 Å². The van der Waals surface area contributed by atoms with E-state index >= 15 is 0 Å². The first kappa shape index (κ1) is 20.4. The molecule has 1 saturated heterocycles. The van der Waals surface area contributed by atoms with E-state index in [-0.39, 0.29) is 4.90 Å². The predicted octanol–water partition coefficient (Wildman–Crippen LogP) is 3.45. The second kappa shape index (κ2) is 9.21. The Hall–Kier alpha value is -1.38. The second-order valence-corrected chi connectivity index (χ2v) is 8.94. The SMILES string of the molecule is O=S(=O)(c1ccc(NCCCc2ccc(Cl)cc2Cl)nc1)N1CCOCC1. The molecule has 0 spiro atoms. The molecule has 0 bridgehead atoms. The number of hydrogen-bond acceptors (Lipinski definition) is 5. The number of aryl methyl sites for hydroxylation is 1. The Morgan fingerprint density at radius 2 is 1.93 bits per heavy atom. The van der Waals surface area contributed by atoms with E-state index in [9.17, 15) is 8.42 Å². The summed E-state index contributed by atoms with van der Waals surface area (Å²) in [6.07, 6.45) is 3.06. The van der Waals surface area contributed by atoms with Crippen LogP contribution in [0.3, 0.4) is 0 Å². The fraction of sp³-hybridized carbons (Fsp3) is 0.389. The number of hydrogen-bond donors (Lipinski definition) is 1. The van der Waals surface area contributed by atoms with E-state index in [0.29, 0.717) is 48.7 Å². The smallest absolute Gasteiger partial charge is 0.244 e. The fourth-order valence-electron chi connectivity index (χ4n) is 2.79. The third-order valence-corrected chi connectivity index (χ3v) is 6.76. The van der Waals surface area contributed by atoms with Crippen molar-refractivity contribution in [3.63, 3.8) is 0 Å². The summed E-state index contributed by atoms with van der Waals surface area (Å²) in [6, 6.07) is 8.75. The number of benzene rings is 1. The molecular weight excluding hydrogens is 409 g/mol. The van der Waals surface area contributed by atoms with Gasteiger partial charge in [-0.3, -0.25) is 0 Å². The minimum absolute atomic E-state index is 0.197. The molecule has 0 saturated carbocycles. The van der Waals surface area contributed by atoms with Gasteiger partial charge in [-0.25, -0.2) is 13.4 Å². The number of morpholine rings is 1. The van der Waals surface area contributed by atoms with Gasteiger partial charge < -0.3 is 10.1 Å². The summed E-state index contributed by atoms with van der Waals surface area (Å²) >= 11 is 12.1. The Bertz CT molecular complexity index is 870. The predicted molar refractivity (Wildman–Crippen MR) is 107 cm³/mol. The molecule has 0 radical (unpaired) electrons. The van der Waals surface area contributed by atoms with Gasteiger partial charge in [-0.05, 0) is 42.7 Å². The number of anilines is 1. The van der Waals surface area contributed by atoms with Crippen LogP contribution in [0, 0.1) is 0 Å². The van der Waals surface area contributed by atoms with Crippen molar-refractivity contribution in [2.75, 3.05) is 38.2 Å². The molecule has 9 heteroatoms. The molecule has 0 unspecified atom stereocenters. The molecule has 2 heterocycles. The number of sulfonamides is 1. The highest BCUT2D eigenvalue weighted by Gasteiger charge is 2.26. The topological polar surface area (TPSA) is 71.5 Å². The molecular formula is C18H21Cl2N3O3S. The maximum absolute atomic E-state index is 12.6. The first-order chi connectivity index (χ1) is 13.0. The van der Waals surface area contributed by atoms with Crippen LogP contribution >= 0.6 is 23.2 Å². The summed E-state index contributed by atoms with van der Waals surface area (Å²) in [4.78, 5) is 4.42. The minimum atomic E-state index is -3.51. The van der Waals surface area contributed by atoms with Crippen LogP contribution in [-0.2, 0) is 21.2 Å². The second-order valence-electron chi connectivity index (χ2n) is 6.16. The van der Waals surface area contributed by atoms with Gasteiger partial charge in [-0.2, -0.15) is 4.31 Å². The van der Waals surface area contributed by atoms with E-state index in [2.05, 4.69) is 10.3 Å². The Balaban J connectivity index is 1.51. The molecule has 146 valence electrons. The van der Waals surface area contributed by atoms with Crippen LogP contribution < -0.4 is 5.32 Å². The number of halogens is 2. The lowest BCUT2D eigenvalue weighted by molar-refractivity contribution is 0.0730. The van der Waals surface area contributed by atoms with E-state index in [1.807, 2.05) is 12.1 Å². The molecule has 2 aromatic rings. The van der Waals surface area contributed by atoms with Crippen molar-refractivity contribution in [3.05, 3.63) is 52.1 Å². The quantitative estimate of drug-likeness (QED) is 0.682. The molecule has 1 aromatic carbocycles. The number of nitrogens with one attached hydrogen (secondary N) is 1. The molecule has 1 aliphatic heterocycles. The van der Waals surface area contributed by atoms with Crippen molar-refractivity contribution < 1.29 is 13.2 Å². The van der Waals surface area contributed by atoms with E-state index in [1.54, 1.807) is 18.2 Å². The zero-order valence-electron chi connectivity index (χ0n) is 14.7. The highest BCUT2D eigenvalue weighted by molar-refractivity contribution is 7.89. The van der Waals surface area contributed by atoms with Gasteiger partial charge in [0, 0.05) is 35.9 Å². The summed E-state index contributed by atoms with van der Waals surface area (Å²) in [5.74, 6) is 0.637. The van der Waals surface area contributed by atoms with Crippen LogP contribution in [0.5, 0.6) is 0 Å². The molecule has 6 nitrogen and oxygen atoms in total. The lowest BCUT2D eigenvalue weighted by Crippen LogP contribution is -2.40. The summed E-state index contributed by atoms with van der Waals surface area (Å²) < 4.78 is 31.7. The van der Waals surface area contributed by atoms with Gasteiger partial charge in [-0.15, -0.1) is 0 Å². The summed E-state index contributed by atoms with van der Waals surface area (Å²) in [5.41, 5.74) is 1.04. The van der Waals surface area contributed by atoms with Crippen molar-refractivity contribution in [2.45, 2.75) is 17.7 Å². The van der Waals surface area contributed by atoms with Gasteiger partial charge in [-0.1, -0.05) is 29.3 Å². The molecule has 3 rings (SSSR count). The van der Waals surface area contributed by atoms with E-state index in [1.165, 1.54) is 10.5 Å². The molecule has 0 amide bonds. The molecule has 27 heavy (non-hydrogen) atoms. The van der Waals surface area contributed by atoms with Gasteiger partial charge in [0.15, 0.2) is 0 Å².